The molecule has 3 N–H and O–H groups in total. The fraction of sp³-hybridized carbons (Fsp3) is 0.571. The van der Waals surface area contributed by atoms with Gasteiger partial charge in [0.25, 0.3) is 0 Å². The standard InChI is InChI=1S/C14H22N2O2/c1-11-2-3-12(14(18)10-11)13(4-9-17)16-7-5-15-6-8-16/h2-3,10,13,15,17-18H,4-9H2,1H3/t13-/m1/s1. The van der Waals surface area contributed by atoms with Crippen molar-refractivity contribution >= 4 is 0 Å². The minimum Gasteiger partial charge on any atom is -0.508 e. The zero-order chi connectivity index (χ0) is 13.0. The summed E-state index contributed by atoms with van der Waals surface area (Å²) in [5.74, 6) is 0.340. The molecule has 4 nitrogen and oxygen atoms in total. The van der Waals surface area contributed by atoms with Crippen LogP contribution >= 0.6 is 0 Å². The Kier molecular flexibility index (Phi) is 4.58. The number of aryl methyl sites for hydroxylation is 1. The van der Waals surface area contributed by atoms with Gasteiger partial charge in [0.2, 0.25) is 0 Å². The zero-order valence-corrected chi connectivity index (χ0v) is 10.9. The first kappa shape index (κ1) is 13.3. The van der Waals surface area contributed by atoms with Gasteiger partial charge in [-0.05, 0) is 25.0 Å². The number of rotatable bonds is 4. The van der Waals surface area contributed by atoms with Crippen molar-refractivity contribution in [2.45, 2.75) is 19.4 Å². The zero-order valence-electron chi connectivity index (χ0n) is 10.9. The molecule has 0 amide bonds. The van der Waals surface area contributed by atoms with Crippen molar-refractivity contribution in [3.8, 4) is 5.75 Å². The summed E-state index contributed by atoms with van der Waals surface area (Å²) in [7, 11) is 0. The van der Waals surface area contributed by atoms with Gasteiger partial charge in [-0.25, -0.2) is 0 Å². The number of phenolic OH excluding ortho intramolecular Hbond substituents is 1. The number of aromatic hydroxyl groups is 1. The predicted molar refractivity (Wildman–Crippen MR) is 71.7 cm³/mol. The Balaban J connectivity index is 2.22. The predicted octanol–water partition coefficient (Wildman–Crippen LogP) is 1.03. The summed E-state index contributed by atoms with van der Waals surface area (Å²) in [4.78, 5) is 2.33. The summed E-state index contributed by atoms with van der Waals surface area (Å²) >= 11 is 0. The van der Waals surface area contributed by atoms with Crippen molar-refractivity contribution in [1.82, 2.24) is 10.2 Å². The van der Waals surface area contributed by atoms with Crippen LogP contribution in [0.3, 0.4) is 0 Å². The van der Waals surface area contributed by atoms with E-state index in [1.165, 1.54) is 0 Å². The molecule has 0 aromatic heterocycles. The lowest BCUT2D eigenvalue weighted by Crippen LogP contribution is -2.45. The Morgan fingerprint density at radius 1 is 1.33 bits per heavy atom. The highest BCUT2D eigenvalue weighted by molar-refractivity contribution is 5.38. The van der Waals surface area contributed by atoms with Crippen molar-refractivity contribution < 1.29 is 10.2 Å². The summed E-state index contributed by atoms with van der Waals surface area (Å²) in [6.07, 6.45) is 0.663. The largest absolute Gasteiger partial charge is 0.508 e. The van der Waals surface area contributed by atoms with Crippen LogP contribution in [0, 0.1) is 6.92 Å². The fourth-order valence-electron chi connectivity index (χ4n) is 2.59. The average molecular weight is 250 g/mol. The number of piperazine rings is 1. The van der Waals surface area contributed by atoms with E-state index in [0.717, 1.165) is 37.3 Å². The molecule has 0 saturated carbocycles. The van der Waals surface area contributed by atoms with Crippen LogP contribution in [0.1, 0.15) is 23.6 Å². The third-order valence-corrected chi connectivity index (χ3v) is 3.54. The van der Waals surface area contributed by atoms with E-state index < -0.39 is 0 Å². The van der Waals surface area contributed by atoms with Gasteiger partial charge in [-0.3, -0.25) is 4.90 Å². The lowest BCUT2D eigenvalue weighted by molar-refractivity contribution is 0.139. The Bertz CT molecular complexity index is 389. The van der Waals surface area contributed by atoms with Crippen molar-refractivity contribution in [3.05, 3.63) is 29.3 Å². The number of aliphatic hydroxyl groups is 1. The summed E-state index contributed by atoms with van der Waals surface area (Å²) in [6, 6.07) is 5.90. The molecule has 1 heterocycles. The molecule has 0 spiro atoms. The number of nitrogens with one attached hydrogen (secondary N) is 1. The molecule has 1 aliphatic rings. The van der Waals surface area contributed by atoms with E-state index in [2.05, 4.69) is 10.2 Å². The number of phenols is 1. The second-order valence-corrected chi connectivity index (χ2v) is 4.88. The highest BCUT2D eigenvalue weighted by atomic mass is 16.3. The minimum absolute atomic E-state index is 0.109. The lowest BCUT2D eigenvalue weighted by atomic mass is 9.99. The van der Waals surface area contributed by atoms with E-state index >= 15 is 0 Å². The molecule has 0 unspecified atom stereocenters. The van der Waals surface area contributed by atoms with Crippen LogP contribution in [0.2, 0.25) is 0 Å². The normalized spacial score (nSPS) is 18.8. The Labute approximate surface area is 108 Å². The summed E-state index contributed by atoms with van der Waals surface area (Å²) < 4.78 is 0. The molecule has 1 aromatic rings. The van der Waals surface area contributed by atoms with Crippen LogP contribution in [-0.4, -0.2) is 47.9 Å². The number of aliphatic hydroxyl groups excluding tert-OH is 1. The van der Waals surface area contributed by atoms with Gasteiger partial charge in [-0.15, -0.1) is 0 Å². The van der Waals surface area contributed by atoms with Gasteiger partial charge in [0.15, 0.2) is 0 Å². The monoisotopic (exact) mass is 250 g/mol. The van der Waals surface area contributed by atoms with Crippen molar-refractivity contribution in [1.29, 1.82) is 0 Å². The first-order valence-electron chi connectivity index (χ1n) is 6.57. The first-order chi connectivity index (χ1) is 8.72. The highest BCUT2D eigenvalue weighted by Gasteiger charge is 2.23. The van der Waals surface area contributed by atoms with Gasteiger partial charge in [0.1, 0.15) is 5.75 Å². The maximum atomic E-state index is 10.1. The molecule has 0 bridgehead atoms. The lowest BCUT2D eigenvalue weighted by Gasteiger charge is -2.35. The summed E-state index contributed by atoms with van der Waals surface area (Å²) in [5.41, 5.74) is 1.98. The van der Waals surface area contributed by atoms with E-state index in [1.807, 2.05) is 19.1 Å². The van der Waals surface area contributed by atoms with Crippen LogP contribution in [-0.2, 0) is 0 Å². The molecule has 1 aliphatic heterocycles. The topological polar surface area (TPSA) is 55.7 Å². The highest BCUT2D eigenvalue weighted by Crippen LogP contribution is 2.31. The Morgan fingerprint density at radius 2 is 2.06 bits per heavy atom. The molecule has 0 radical (unpaired) electrons. The number of hydrogen-bond donors (Lipinski definition) is 3. The first-order valence-corrected chi connectivity index (χ1v) is 6.57. The van der Waals surface area contributed by atoms with Crippen molar-refractivity contribution in [3.63, 3.8) is 0 Å². The number of hydrogen-bond acceptors (Lipinski definition) is 4. The van der Waals surface area contributed by atoms with E-state index in [9.17, 15) is 10.2 Å². The molecule has 1 atom stereocenters. The molecular weight excluding hydrogens is 228 g/mol. The van der Waals surface area contributed by atoms with Gasteiger partial charge in [0.05, 0.1) is 0 Å². The third-order valence-electron chi connectivity index (χ3n) is 3.54. The molecule has 100 valence electrons. The third kappa shape index (κ3) is 3.02. The Hall–Kier alpha value is -1.10. The van der Waals surface area contributed by atoms with E-state index in [1.54, 1.807) is 6.07 Å². The van der Waals surface area contributed by atoms with Crippen LogP contribution in [0.25, 0.3) is 0 Å². The molecular formula is C14H22N2O2. The van der Waals surface area contributed by atoms with E-state index in [0.29, 0.717) is 12.2 Å². The maximum absolute atomic E-state index is 10.1. The van der Waals surface area contributed by atoms with Gasteiger partial charge >= 0.3 is 0 Å². The molecule has 1 fully saturated rings. The van der Waals surface area contributed by atoms with Crippen LogP contribution in [0.5, 0.6) is 5.75 Å². The van der Waals surface area contributed by atoms with Crippen molar-refractivity contribution in [2.75, 3.05) is 32.8 Å². The molecule has 2 rings (SSSR count). The van der Waals surface area contributed by atoms with Gasteiger partial charge < -0.3 is 15.5 Å². The number of nitrogens with zero attached hydrogens (tertiary/aromatic N) is 1. The average Bonchev–Trinajstić information content (AvgIpc) is 2.38. The maximum Gasteiger partial charge on any atom is 0.120 e. The number of benzene rings is 1. The Morgan fingerprint density at radius 3 is 2.67 bits per heavy atom. The summed E-state index contributed by atoms with van der Waals surface area (Å²) in [5, 5.41) is 22.7. The molecule has 1 aromatic carbocycles. The van der Waals surface area contributed by atoms with Crippen molar-refractivity contribution in [2.24, 2.45) is 0 Å². The second kappa shape index (κ2) is 6.18. The SMILES string of the molecule is Cc1ccc([C@@H](CCO)N2CCNCC2)c(O)c1. The smallest absolute Gasteiger partial charge is 0.120 e. The van der Waals surface area contributed by atoms with Crippen LogP contribution in [0.4, 0.5) is 0 Å². The molecule has 1 saturated heterocycles. The quantitative estimate of drug-likeness (QED) is 0.747. The van der Waals surface area contributed by atoms with Gasteiger partial charge in [-0.2, -0.15) is 0 Å². The van der Waals surface area contributed by atoms with Gasteiger partial charge in [-0.1, -0.05) is 12.1 Å². The summed E-state index contributed by atoms with van der Waals surface area (Å²) in [6.45, 7) is 5.95. The van der Waals surface area contributed by atoms with E-state index in [-0.39, 0.29) is 12.6 Å². The van der Waals surface area contributed by atoms with Gasteiger partial charge in [0, 0.05) is 44.4 Å². The minimum atomic E-state index is 0.109. The van der Waals surface area contributed by atoms with Crippen LogP contribution in [0.15, 0.2) is 18.2 Å². The van der Waals surface area contributed by atoms with E-state index in [4.69, 9.17) is 0 Å². The fourth-order valence-corrected chi connectivity index (χ4v) is 2.59. The van der Waals surface area contributed by atoms with Crippen LogP contribution < -0.4 is 5.32 Å². The molecule has 4 heteroatoms. The second-order valence-electron chi connectivity index (χ2n) is 4.88. The molecule has 0 aliphatic carbocycles. The molecule has 18 heavy (non-hydrogen) atoms.